The molecule has 0 aromatic heterocycles. The fraction of sp³-hybridized carbons (Fsp3) is 0.118. The Kier molecular flexibility index (Phi) is 5.02. The summed E-state index contributed by atoms with van der Waals surface area (Å²) in [5.41, 5.74) is 1.69. The van der Waals surface area contributed by atoms with E-state index in [1.165, 1.54) is 24.3 Å². The maximum Gasteiger partial charge on any atom is 0.302 e. The number of nitrogens with two attached hydrogens (primary N) is 1. The smallest absolute Gasteiger partial charge is 0.302 e. The Morgan fingerprint density at radius 2 is 1.59 bits per heavy atom. The van der Waals surface area contributed by atoms with E-state index in [2.05, 4.69) is 0 Å². The Balaban J connectivity index is 1.99. The summed E-state index contributed by atoms with van der Waals surface area (Å²) in [4.78, 5) is 12.7. The van der Waals surface area contributed by atoms with Crippen molar-refractivity contribution in [3.63, 3.8) is 0 Å². The summed E-state index contributed by atoms with van der Waals surface area (Å²) in [7, 11) is 12.2. The van der Waals surface area contributed by atoms with Gasteiger partial charge in [0.1, 0.15) is 11.6 Å². The van der Waals surface area contributed by atoms with Crippen molar-refractivity contribution in [2.75, 3.05) is 0 Å². The fourth-order valence-electron chi connectivity index (χ4n) is 2.66. The van der Waals surface area contributed by atoms with Crippen molar-refractivity contribution in [3.8, 4) is 0 Å². The summed E-state index contributed by atoms with van der Waals surface area (Å²) in [5, 5.41) is 0. The molecular formula is C17H10B3F2NO5S. The molecule has 2 aromatic rings. The van der Waals surface area contributed by atoms with Crippen LogP contribution in [0.5, 0.6) is 0 Å². The number of hydrogen-bond donors (Lipinski definition) is 1. The highest BCUT2D eigenvalue weighted by atomic mass is 32.2. The van der Waals surface area contributed by atoms with Crippen LogP contribution >= 0.6 is 0 Å². The number of benzene rings is 2. The molecule has 0 bridgehead atoms. The van der Waals surface area contributed by atoms with E-state index in [0.29, 0.717) is 0 Å². The van der Waals surface area contributed by atoms with E-state index in [-0.39, 0.29) is 5.56 Å². The minimum Gasteiger partial charge on any atom is -0.467 e. The van der Waals surface area contributed by atoms with Gasteiger partial charge in [-0.05, 0) is 17.7 Å². The highest BCUT2D eigenvalue weighted by Crippen LogP contribution is 2.39. The van der Waals surface area contributed by atoms with Crippen molar-refractivity contribution in [2.24, 2.45) is 5.73 Å². The van der Waals surface area contributed by atoms with Crippen LogP contribution in [0.15, 0.2) is 60.2 Å². The molecule has 0 spiro atoms. The van der Waals surface area contributed by atoms with Gasteiger partial charge in [0.05, 0.1) is 25.8 Å². The maximum atomic E-state index is 14.1. The molecule has 12 heteroatoms. The zero-order chi connectivity index (χ0) is 21.6. The Morgan fingerprint density at radius 1 is 1.03 bits per heavy atom. The van der Waals surface area contributed by atoms with Crippen molar-refractivity contribution in [2.45, 2.75) is 10.0 Å². The third-order valence-electron chi connectivity index (χ3n) is 4.20. The normalized spacial score (nSPS) is 19.9. The van der Waals surface area contributed by atoms with Crippen molar-refractivity contribution < 1.29 is 30.9 Å². The standard InChI is InChI=1S/C17H10B3F2NO5S/c18-16(12-10(21)7-4-8-11(12)22)14(24)13(15(23)27-16)28-29(25,26)17(19,20)9-5-2-1-3-6-9/h1-8H,23H2/t16-/m1/s1. The minimum atomic E-state index is -4.94. The monoisotopic (exact) mass is 411 g/mol. The zero-order valence-corrected chi connectivity index (χ0v) is 15.5. The molecule has 1 aliphatic heterocycles. The average Bonchev–Trinajstić information content (AvgIpc) is 2.85. The van der Waals surface area contributed by atoms with Crippen LogP contribution in [-0.2, 0) is 33.9 Å². The molecule has 1 aliphatic rings. The first-order valence-corrected chi connectivity index (χ1v) is 9.37. The number of ketones is 1. The first-order chi connectivity index (χ1) is 13.4. The summed E-state index contributed by atoms with van der Waals surface area (Å²) in [5.74, 6) is -5.88. The average molecular weight is 411 g/mol. The molecule has 1 atom stereocenters. The van der Waals surface area contributed by atoms with Crippen molar-refractivity contribution in [3.05, 3.63) is 82.9 Å². The summed E-state index contributed by atoms with van der Waals surface area (Å²) >= 11 is 0. The molecule has 0 aliphatic carbocycles. The minimum absolute atomic E-state index is 0.0651. The second-order valence-corrected chi connectivity index (χ2v) is 7.90. The van der Waals surface area contributed by atoms with Gasteiger partial charge in [-0.2, -0.15) is 8.42 Å². The lowest BCUT2D eigenvalue weighted by atomic mass is 9.65. The van der Waals surface area contributed by atoms with Crippen LogP contribution in [0.2, 0.25) is 0 Å². The Bertz CT molecular complexity index is 1100. The number of Topliss-reactive ketones (excluding diaryl/α,β-unsaturated/α-hetero) is 1. The van der Waals surface area contributed by atoms with E-state index >= 15 is 0 Å². The zero-order valence-electron chi connectivity index (χ0n) is 14.6. The van der Waals surface area contributed by atoms with Gasteiger partial charge in [-0.1, -0.05) is 36.4 Å². The van der Waals surface area contributed by atoms with Crippen LogP contribution in [-0.4, -0.2) is 37.7 Å². The number of carbonyl (C=O) groups is 1. The molecular weight excluding hydrogens is 401 g/mol. The molecule has 1 heterocycles. The van der Waals surface area contributed by atoms with Crippen molar-refractivity contribution in [1.82, 2.24) is 0 Å². The van der Waals surface area contributed by atoms with Crippen molar-refractivity contribution in [1.29, 1.82) is 0 Å². The second-order valence-electron chi connectivity index (χ2n) is 6.15. The van der Waals surface area contributed by atoms with Crippen LogP contribution < -0.4 is 5.73 Å². The van der Waals surface area contributed by atoms with E-state index in [9.17, 15) is 22.0 Å². The molecule has 6 nitrogen and oxygen atoms in total. The van der Waals surface area contributed by atoms with Crippen LogP contribution in [0.4, 0.5) is 8.78 Å². The van der Waals surface area contributed by atoms with Gasteiger partial charge in [-0.25, -0.2) is 8.78 Å². The molecule has 2 N–H and O–H groups in total. The summed E-state index contributed by atoms with van der Waals surface area (Å²) in [6.45, 7) is 0. The van der Waals surface area contributed by atoms with Gasteiger partial charge >= 0.3 is 10.1 Å². The van der Waals surface area contributed by atoms with Crippen LogP contribution in [0.3, 0.4) is 0 Å². The fourth-order valence-corrected chi connectivity index (χ4v) is 3.60. The van der Waals surface area contributed by atoms with Gasteiger partial charge in [0.25, 0.3) is 0 Å². The highest BCUT2D eigenvalue weighted by molar-refractivity contribution is 7.90. The number of carbonyl (C=O) groups excluding carboxylic acids is 1. The van der Waals surface area contributed by atoms with E-state index < -0.39 is 54.8 Å². The van der Waals surface area contributed by atoms with E-state index in [1.54, 1.807) is 6.07 Å². The van der Waals surface area contributed by atoms with Gasteiger partial charge in [0.15, 0.2) is 13.3 Å². The number of hydrogen-bond acceptors (Lipinski definition) is 6. The molecule has 0 amide bonds. The van der Waals surface area contributed by atoms with E-state index in [4.69, 9.17) is 38.2 Å². The summed E-state index contributed by atoms with van der Waals surface area (Å²) in [6, 6.07) is 9.86. The lowest BCUT2D eigenvalue weighted by Crippen LogP contribution is -2.41. The topological polar surface area (TPSA) is 95.7 Å². The molecule has 6 radical (unpaired) electrons. The Morgan fingerprint density at radius 3 is 2.14 bits per heavy atom. The highest BCUT2D eigenvalue weighted by Gasteiger charge is 2.52. The maximum absolute atomic E-state index is 14.1. The second kappa shape index (κ2) is 6.94. The number of rotatable bonds is 5. The van der Waals surface area contributed by atoms with Gasteiger partial charge in [-0.15, -0.1) is 0 Å². The molecule has 2 aromatic carbocycles. The van der Waals surface area contributed by atoms with Gasteiger partial charge < -0.3 is 14.7 Å². The molecule has 0 fully saturated rings. The van der Waals surface area contributed by atoms with Crippen molar-refractivity contribution >= 4 is 39.4 Å². The molecule has 0 unspecified atom stereocenters. The molecule has 142 valence electrons. The quantitative estimate of drug-likeness (QED) is 0.570. The molecule has 29 heavy (non-hydrogen) atoms. The summed E-state index contributed by atoms with van der Waals surface area (Å²) < 4.78 is 60.5. The molecule has 3 rings (SSSR count). The largest absolute Gasteiger partial charge is 0.467 e. The summed E-state index contributed by atoms with van der Waals surface area (Å²) in [6.07, 6.45) is 0. The van der Waals surface area contributed by atoms with Gasteiger partial charge in [-0.3, -0.25) is 4.79 Å². The van der Waals surface area contributed by atoms with E-state index in [0.717, 1.165) is 18.2 Å². The number of halogens is 2. The first kappa shape index (κ1) is 21.0. The SMILES string of the molecule is [B]C([B])(c1ccccc1)S(=O)(=O)OC1=C(N)O[C@]([B])(c2c(F)cccc2F)C1=O. The third-order valence-corrected chi connectivity index (χ3v) is 5.65. The third kappa shape index (κ3) is 3.31. The Labute approximate surface area is 169 Å². The van der Waals surface area contributed by atoms with Gasteiger partial charge in [0, 0.05) is 0 Å². The van der Waals surface area contributed by atoms with Crippen LogP contribution in [0.1, 0.15) is 11.1 Å². The molecule has 0 saturated heterocycles. The van der Waals surface area contributed by atoms with Crippen LogP contribution in [0, 0.1) is 11.6 Å². The molecule has 0 saturated carbocycles. The van der Waals surface area contributed by atoms with E-state index in [1.807, 2.05) is 0 Å². The number of ether oxygens (including phenoxy) is 1. The lowest BCUT2D eigenvalue weighted by Gasteiger charge is -2.26. The van der Waals surface area contributed by atoms with Crippen LogP contribution in [0.25, 0.3) is 0 Å². The Hall–Kier alpha value is -2.75. The van der Waals surface area contributed by atoms with Gasteiger partial charge in [0.2, 0.25) is 17.4 Å². The lowest BCUT2D eigenvalue weighted by molar-refractivity contribution is -0.126. The predicted molar refractivity (Wildman–Crippen MR) is 101 cm³/mol. The predicted octanol–water partition coefficient (Wildman–Crippen LogP) is 0.507. The first-order valence-electron chi connectivity index (χ1n) is 7.96.